The van der Waals surface area contributed by atoms with Crippen molar-refractivity contribution in [2.45, 2.75) is 5.03 Å². The normalized spacial score (nSPS) is 10.3. The number of carbonyl (C=O) groups excluding carboxylic acids is 1. The van der Waals surface area contributed by atoms with E-state index in [1.54, 1.807) is 23.2 Å². The van der Waals surface area contributed by atoms with Crippen LogP contribution >= 0.6 is 11.8 Å². The van der Waals surface area contributed by atoms with Crippen LogP contribution in [0.4, 0.5) is 0 Å². The molecule has 0 N–H and O–H groups in total. The molecule has 0 aliphatic rings. The Kier molecular flexibility index (Phi) is 5.51. The summed E-state index contributed by atoms with van der Waals surface area (Å²) in [6.45, 7) is 8.37. The fourth-order valence-electron chi connectivity index (χ4n) is 1.92. The van der Waals surface area contributed by atoms with Gasteiger partial charge in [-0.1, -0.05) is 48.2 Å². The van der Waals surface area contributed by atoms with Gasteiger partial charge in [0.15, 0.2) is 0 Å². The maximum atomic E-state index is 12.2. The predicted molar refractivity (Wildman–Crippen MR) is 87.2 cm³/mol. The van der Waals surface area contributed by atoms with Gasteiger partial charge in [-0.3, -0.25) is 4.79 Å². The van der Waals surface area contributed by atoms with Gasteiger partial charge in [0.05, 0.1) is 11.9 Å². The van der Waals surface area contributed by atoms with Gasteiger partial charge in [0.2, 0.25) is 5.91 Å². The van der Waals surface area contributed by atoms with Gasteiger partial charge in [-0.2, -0.15) is 5.10 Å². The molecule has 1 aromatic carbocycles. The highest BCUT2D eigenvalue weighted by atomic mass is 32.2. The molecule has 0 fully saturated rings. The van der Waals surface area contributed by atoms with Crippen LogP contribution in [0.1, 0.15) is 0 Å². The maximum Gasteiger partial charge on any atom is 0.233 e. The highest BCUT2D eigenvalue weighted by Crippen LogP contribution is 2.24. The Morgan fingerprint density at radius 2 is 1.95 bits per heavy atom. The van der Waals surface area contributed by atoms with E-state index in [2.05, 4.69) is 23.4 Å². The number of fused-ring (bicyclic) bond motifs is 1. The minimum Gasteiger partial charge on any atom is -0.335 e. The van der Waals surface area contributed by atoms with E-state index in [1.807, 2.05) is 24.3 Å². The van der Waals surface area contributed by atoms with Gasteiger partial charge in [0, 0.05) is 23.9 Å². The highest BCUT2D eigenvalue weighted by molar-refractivity contribution is 8.00. The molecular weight excluding hydrogens is 282 g/mol. The maximum absolute atomic E-state index is 12.2. The first kappa shape index (κ1) is 15.3. The summed E-state index contributed by atoms with van der Waals surface area (Å²) in [7, 11) is 0. The monoisotopic (exact) mass is 299 g/mol. The summed E-state index contributed by atoms with van der Waals surface area (Å²) >= 11 is 1.40. The Bertz CT molecular complexity index is 642. The van der Waals surface area contributed by atoms with Crippen LogP contribution in [0, 0.1) is 0 Å². The van der Waals surface area contributed by atoms with Crippen LogP contribution in [0.25, 0.3) is 10.8 Å². The molecule has 4 nitrogen and oxygen atoms in total. The lowest BCUT2D eigenvalue weighted by atomic mass is 10.2. The molecule has 108 valence electrons. The van der Waals surface area contributed by atoms with Gasteiger partial charge in [0.25, 0.3) is 0 Å². The number of thioether (sulfide) groups is 1. The molecule has 21 heavy (non-hydrogen) atoms. The number of carbonyl (C=O) groups is 1. The van der Waals surface area contributed by atoms with Crippen molar-refractivity contribution in [3.8, 4) is 0 Å². The van der Waals surface area contributed by atoms with Gasteiger partial charge in [-0.25, -0.2) is 0 Å². The molecule has 0 radical (unpaired) electrons. The fourth-order valence-corrected chi connectivity index (χ4v) is 2.81. The summed E-state index contributed by atoms with van der Waals surface area (Å²) in [4.78, 5) is 13.9. The number of aromatic nitrogens is 2. The molecule has 0 spiro atoms. The molecule has 2 aromatic rings. The standard InChI is InChI=1S/C16H17N3OS/c1-3-9-19(10-4-2)15(20)12-21-16-14-8-6-5-7-13(14)11-17-18-16/h3-8,11H,1-2,9-10,12H2. The first-order valence-corrected chi connectivity index (χ1v) is 7.57. The van der Waals surface area contributed by atoms with Gasteiger partial charge in [-0.15, -0.1) is 18.3 Å². The van der Waals surface area contributed by atoms with E-state index in [0.29, 0.717) is 18.8 Å². The first-order valence-electron chi connectivity index (χ1n) is 6.59. The Morgan fingerprint density at radius 3 is 2.67 bits per heavy atom. The fraction of sp³-hybridized carbons (Fsp3) is 0.188. The van der Waals surface area contributed by atoms with Crippen LogP contribution in [0.15, 0.2) is 60.8 Å². The summed E-state index contributed by atoms with van der Waals surface area (Å²) in [5.41, 5.74) is 0. The largest absolute Gasteiger partial charge is 0.335 e. The minimum absolute atomic E-state index is 0.0366. The van der Waals surface area contributed by atoms with Crippen LogP contribution in [0.2, 0.25) is 0 Å². The molecule has 0 aliphatic heterocycles. The molecule has 0 aliphatic carbocycles. The zero-order valence-electron chi connectivity index (χ0n) is 11.7. The Labute approximate surface area is 128 Å². The molecular formula is C16H17N3OS. The lowest BCUT2D eigenvalue weighted by Gasteiger charge is -2.18. The van der Waals surface area contributed by atoms with Crippen molar-refractivity contribution in [3.63, 3.8) is 0 Å². The molecule has 0 saturated carbocycles. The van der Waals surface area contributed by atoms with E-state index < -0.39 is 0 Å². The van der Waals surface area contributed by atoms with Gasteiger partial charge in [0.1, 0.15) is 5.03 Å². The van der Waals surface area contributed by atoms with Gasteiger partial charge < -0.3 is 4.90 Å². The lowest BCUT2D eigenvalue weighted by molar-refractivity contribution is -0.127. The molecule has 1 heterocycles. The van der Waals surface area contributed by atoms with Crippen LogP contribution in [-0.2, 0) is 4.79 Å². The zero-order valence-corrected chi connectivity index (χ0v) is 12.6. The molecule has 2 rings (SSSR count). The second-order valence-corrected chi connectivity index (χ2v) is 5.37. The Morgan fingerprint density at radius 1 is 1.24 bits per heavy atom. The molecule has 0 unspecified atom stereocenters. The summed E-state index contributed by atoms with van der Waals surface area (Å²) in [6, 6.07) is 7.89. The van der Waals surface area contributed by atoms with E-state index in [9.17, 15) is 4.79 Å². The summed E-state index contributed by atoms with van der Waals surface area (Å²) in [6.07, 6.45) is 5.15. The van der Waals surface area contributed by atoms with E-state index in [1.165, 1.54) is 11.8 Å². The van der Waals surface area contributed by atoms with Crippen molar-refractivity contribution in [2.24, 2.45) is 0 Å². The van der Waals surface area contributed by atoms with Crippen molar-refractivity contribution in [2.75, 3.05) is 18.8 Å². The molecule has 0 bridgehead atoms. The number of hydrogen-bond acceptors (Lipinski definition) is 4. The van der Waals surface area contributed by atoms with Crippen LogP contribution < -0.4 is 0 Å². The highest BCUT2D eigenvalue weighted by Gasteiger charge is 2.12. The average molecular weight is 299 g/mol. The zero-order chi connectivity index (χ0) is 15.1. The van der Waals surface area contributed by atoms with Crippen molar-refractivity contribution in [3.05, 3.63) is 55.8 Å². The SMILES string of the molecule is C=CCN(CC=C)C(=O)CSc1nncc2ccccc12. The predicted octanol–water partition coefficient (Wildman–Crippen LogP) is 2.92. The van der Waals surface area contributed by atoms with E-state index in [4.69, 9.17) is 0 Å². The number of benzene rings is 1. The molecule has 5 heteroatoms. The van der Waals surface area contributed by atoms with Crippen LogP contribution in [-0.4, -0.2) is 39.8 Å². The third-order valence-electron chi connectivity index (χ3n) is 2.92. The van der Waals surface area contributed by atoms with Crippen LogP contribution in [0.5, 0.6) is 0 Å². The molecule has 0 saturated heterocycles. The molecule has 1 aromatic heterocycles. The van der Waals surface area contributed by atoms with Crippen LogP contribution in [0.3, 0.4) is 0 Å². The summed E-state index contributed by atoms with van der Waals surface area (Å²) < 4.78 is 0. The Hall–Kier alpha value is -2.14. The number of nitrogens with zero attached hydrogens (tertiary/aromatic N) is 3. The first-order chi connectivity index (χ1) is 10.3. The van der Waals surface area contributed by atoms with E-state index in [0.717, 1.165) is 15.8 Å². The third kappa shape index (κ3) is 3.92. The summed E-state index contributed by atoms with van der Waals surface area (Å²) in [5.74, 6) is 0.360. The number of amides is 1. The number of rotatable bonds is 7. The van der Waals surface area contributed by atoms with Gasteiger partial charge in [-0.05, 0) is 0 Å². The second-order valence-electron chi connectivity index (χ2n) is 4.40. The van der Waals surface area contributed by atoms with Gasteiger partial charge >= 0.3 is 0 Å². The minimum atomic E-state index is 0.0366. The van der Waals surface area contributed by atoms with E-state index >= 15 is 0 Å². The Balaban J connectivity index is 2.08. The number of hydrogen-bond donors (Lipinski definition) is 0. The van der Waals surface area contributed by atoms with Crippen molar-refractivity contribution >= 4 is 28.4 Å². The topological polar surface area (TPSA) is 46.1 Å². The van der Waals surface area contributed by atoms with E-state index in [-0.39, 0.29) is 5.91 Å². The second kappa shape index (κ2) is 7.59. The van der Waals surface area contributed by atoms with Crippen molar-refractivity contribution in [1.29, 1.82) is 0 Å². The molecule has 0 atom stereocenters. The van der Waals surface area contributed by atoms with Crippen molar-refractivity contribution in [1.82, 2.24) is 15.1 Å². The molecule has 1 amide bonds. The average Bonchev–Trinajstić information content (AvgIpc) is 2.52. The quantitative estimate of drug-likeness (QED) is 0.582. The lowest BCUT2D eigenvalue weighted by Crippen LogP contribution is -2.32. The third-order valence-corrected chi connectivity index (χ3v) is 3.89. The smallest absolute Gasteiger partial charge is 0.233 e. The summed E-state index contributed by atoms with van der Waals surface area (Å²) in [5, 5.41) is 10.9. The van der Waals surface area contributed by atoms with Crippen molar-refractivity contribution < 1.29 is 4.79 Å².